The summed E-state index contributed by atoms with van der Waals surface area (Å²) in [5.74, 6) is -0.349. The zero-order chi connectivity index (χ0) is 21.5. The van der Waals surface area contributed by atoms with E-state index in [0.717, 1.165) is 22.7 Å². The minimum Gasteiger partial charge on any atom is -0.361 e. The predicted molar refractivity (Wildman–Crippen MR) is 121 cm³/mol. The van der Waals surface area contributed by atoms with Gasteiger partial charge >= 0.3 is 0 Å². The van der Waals surface area contributed by atoms with E-state index in [1.807, 2.05) is 12.1 Å². The lowest BCUT2D eigenvalue weighted by Crippen LogP contribution is -2.24. The normalized spacial score (nSPS) is 12.2. The third-order valence-electron chi connectivity index (χ3n) is 5.07. The maximum absolute atomic E-state index is 13.5. The van der Waals surface area contributed by atoms with Crippen LogP contribution in [0.2, 0.25) is 30.7 Å². The van der Waals surface area contributed by atoms with Gasteiger partial charge in [0.25, 0.3) is 5.56 Å². The zero-order valence-corrected chi connectivity index (χ0v) is 18.9. The van der Waals surface area contributed by atoms with Crippen molar-refractivity contribution in [1.82, 2.24) is 14.0 Å². The predicted octanol–water partition coefficient (Wildman–Crippen LogP) is 5.42. The van der Waals surface area contributed by atoms with Crippen LogP contribution >= 0.6 is 11.6 Å². The minimum atomic E-state index is -1.19. The van der Waals surface area contributed by atoms with Crippen LogP contribution in [-0.2, 0) is 11.5 Å². The minimum absolute atomic E-state index is 0.189. The Morgan fingerprint density at radius 2 is 1.97 bits per heavy atom. The Morgan fingerprint density at radius 3 is 2.73 bits per heavy atom. The SMILES string of the molecule is C[Si](C)(C)CCOCn1ccc2c(-c3cnc4cc(F)ccn34)ccc(Cl)c2c1=O. The Labute approximate surface area is 179 Å². The summed E-state index contributed by atoms with van der Waals surface area (Å²) in [6.45, 7) is 7.68. The maximum atomic E-state index is 13.5. The molecule has 0 radical (unpaired) electrons. The number of pyridine rings is 2. The van der Waals surface area contributed by atoms with E-state index >= 15 is 0 Å². The van der Waals surface area contributed by atoms with Crippen LogP contribution in [0.25, 0.3) is 27.7 Å². The van der Waals surface area contributed by atoms with Gasteiger partial charge in [-0.25, -0.2) is 9.37 Å². The van der Waals surface area contributed by atoms with Crippen molar-refractivity contribution in [2.24, 2.45) is 0 Å². The number of fused-ring (bicyclic) bond motifs is 2. The molecule has 1 aromatic carbocycles. The number of hydrogen-bond donors (Lipinski definition) is 0. The lowest BCUT2D eigenvalue weighted by molar-refractivity contribution is 0.0851. The van der Waals surface area contributed by atoms with E-state index in [9.17, 15) is 9.18 Å². The number of halogens is 2. The van der Waals surface area contributed by atoms with Crippen molar-refractivity contribution in [1.29, 1.82) is 0 Å². The van der Waals surface area contributed by atoms with Gasteiger partial charge < -0.3 is 4.74 Å². The van der Waals surface area contributed by atoms with Gasteiger partial charge in [-0.15, -0.1) is 0 Å². The van der Waals surface area contributed by atoms with Gasteiger partial charge in [-0.05, 0) is 29.6 Å². The number of rotatable bonds is 6. The first-order chi connectivity index (χ1) is 14.2. The molecular weight excluding hydrogens is 421 g/mol. The van der Waals surface area contributed by atoms with Crippen LogP contribution in [0.4, 0.5) is 4.39 Å². The number of ether oxygens (including phenoxy) is 1. The highest BCUT2D eigenvalue weighted by Gasteiger charge is 2.16. The van der Waals surface area contributed by atoms with Crippen LogP contribution in [0, 0.1) is 5.82 Å². The quantitative estimate of drug-likeness (QED) is 0.295. The summed E-state index contributed by atoms with van der Waals surface area (Å²) >= 11 is 6.41. The van der Waals surface area contributed by atoms with Crippen LogP contribution in [0.15, 0.2) is 53.7 Å². The van der Waals surface area contributed by atoms with Crippen molar-refractivity contribution in [2.45, 2.75) is 32.4 Å². The molecule has 0 atom stereocenters. The molecule has 0 fully saturated rings. The van der Waals surface area contributed by atoms with E-state index in [1.165, 1.54) is 16.7 Å². The molecule has 0 N–H and O–H groups in total. The Balaban J connectivity index is 1.74. The number of imidazole rings is 1. The Bertz CT molecular complexity index is 1290. The van der Waals surface area contributed by atoms with E-state index in [4.69, 9.17) is 16.3 Å². The van der Waals surface area contributed by atoms with E-state index in [0.29, 0.717) is 22.7 Å². The molecule has 3 heterocycles. The number of aromatic nitrogens is 3. The summed E-state index contributed by atoms with van der Waals surface area (Å²) < 4.78 is 22.6. The second-order valence-electron chi connectivity index (χ2n) is 8.54. The molecule has 30 heavy (non-hydrogen) atoms. The molecule has 156 valence electrons. The summed E-state index contributed by atoms with van der Waals surface area (Å²) in [5.41, 5.74) is 1.86. The van der Waals surface area contributed by atoms with Crippen molar-refractivity contribution < 1.29 is 9.13 Å². The van der Waals surface area contributed by atoms with Gasteiger partial charge in [0.05, 0.1) is 22.3 Å². The molecule has 0 aliphatic rings. The molecule has 0 amide bonds. The van der Waals surface area contributed by atoms with Crippen molar-refractivity contribution in [3.05, 3.63) is 70.1 Å². The number of benzene rings is 1. The fourth-order valence-electron chi connectivity index (χ4n) is 3.38. The summed E-state index contributed by atoms with van der Waals surface area (Å²) in [4.78, 5) is 17.4. The fourth-order valence-corrected chi connectivity index (χ4v) is 4.38. The summed E-state index contributed by atoms with van der Waals surface area (Å²) in [6, 6.07) is 9.21. The van der Waals surface area contributed by atoms with Crippen LogP contribution < -0.4 is 5.56 Å². The Hall–Kier alpha value is -2.48. The first kappa shape index (κ1) is 20.8. The van der Waals surface area contributed by atoms with E-state index < -0.39 is 8.07 Å². The van der Waals surface area contributed by atoms with Gasteiger partial charge in [-0.3, -0.25) is 13.8 Å². The van der Waals surface area contributed by atoms with Crippen LogP contribution in [0.1, 0.15) is 0 Å². The van der Waals surface area contributed by atoms with Crippen molar-refractivity contribution >= 4 is 36.1 Å². The van der Waals surface area contributed by atoms with E-state index in [1.54, 1.807) is 29.1 Å². The van der Waals surface area contributed by atoms with Crippen LogP contribution in [0.5, 0.6) is 0 Å². The van der Waals surface area contributed by atoms with Gasteiger partial charge in [0.15, 0.2) is 0 Å². The topological polar surface area (TPSA) is 48.5 Å². The first-order valence-electron chi connectivity index (χ1n) is 9.77. The second-order valence-corrected chi connectivity index (χ2v) is 14.6. The van der Waals surface area contributed by atoms with Gasteiger partial charge in [0.1, 0.15) is 18.2 Å². The Kier molecular flexibility index (Phi) is 5.53. The molecule has 0 aliphatic carbocycles. The fraction of sp³-hybridized carbons (Fsp3) is 0.273. The molecule has 3 aromatic heterocycles. The highest BCUT2D eigenvalue weighted by atomic mass is 35.5. The monoisotopic (exact) mass is 443 g/mol. The van der Waals surface area contributed by atoms with Crippen LogP contribution in [-0.4, -0.2) is 28.6 Å². The average molecular weight is 444 g/mol. The average Bonchev–Trinajstić information content (AvgIpc) is 3.09. The molecule has 0 saturated carbocycles. The summed E-state index contributed by atoms with van der Waals surface area (Å²) in [6.07, 6.45) is 5.02. The highest BCUT2D eigenvalue weighted by Crippen LogP contribution is 2.31. The molecule has 0 unspecified atom stereocenters. The Morgan fingerprint density at radius 1 is 1.17 bits per heavy atom. The van der Waals surface area contributed by atoms with E-state index in [2.05, 4.69) is 24.6 Å². The van der Waals surface area contributed by atoms with Gasteiger partial charge in [-0.2, -0.15) is 0 Å². The summed E-state index contributed by atoms with van der Waals surface area (Å²) in [7, 11) is -1.19. The molecular formula is C22H23ClFN3O2Si. The second kappa shape index (κ2) is 7.98. The van der Waals surface area contributed by atoms with Gasteiger partial charge in [0, 0.05) is 38.7 Å². The molecule has 8 heteroatoms. The maximum Gasteiger partial charge on any atom is 0.261 e. The number of hydrogen-bond acceptors (Lipinski definition) is 3. The third-order valence-corrected chi connectivity index (χ3v) is 7.09. The smallest absolute Gasteiger partial charge is 0.261 e. The number of nitrogens with zero attached hydrogens (tertiary/aromatic N) is 3. The zero-order valence-electron chi connectivity index (χ0n) is 17.2. The molecule has 0 saturated heterocycles. The molecule has 0 spiro atoms. The van der Waals surface area contributed by atoms with Crippen LogP contribution in [0.3, 0.4) is 0 Å². The first-order valence-corrected chi connectivity index (χ1v) is 13.9. The summed E-state index contributed by atoms with van der Waals surface area (Å²) in [5, 5.41) is 1.54. The van der Waals surface area contributed by atoms with Gasteiger partial charge in [-0.1, -0.05) is 37.3 Å². The van der Waals surface area contributed by atoms with Gasteiger partial charge in [0.2, 0.25) is 0 Å². The largest absolute Gasteiger partial charge is 0.361 e. The lowest BCUT2D eigenvalue weighted by Gasteiger charge is -2.16. The third kappa shape index (κ3) is 4.05. The van der Waals surface area contributed by atoms with Crippen molar-refractivity contribution in [2.75, 3.05) is 6.61 Å². The molecule has 0 bridgehead atoms. The highest BCUT2D eigenvalue weighted by molar-refractivity contribution is 6.76. The van der Waals surface area contributed by atoms with Crippen molar-refractivity contribution in [3.63, 3.8) is 0 Å². The van der Waals surface area contributed by atoms with E-state index in [-0.39, 0.29) is 18.1 Å². The molecule has 4 aromatic rings. The molecule has 5 nitrogen and oxygen atoms in total. The van der Waals surface area contributed by atoms with Crippen molar-refractivity contribution in [3.8, 4) is 11.3 Å². The standard InChI is InChI=1S/C22H23ClFN3O2Si/c1-30(2,3)11-10-29-14-26-8-7-17-16(4-5-18(23)21(17)22(26)28)19-13-25-20-12-15(24)6-9-27(19)20/h4-9,12-13H,10-11,14H2,1-3H3. The lowest BCUT2D eigenvalue weighted by atomic mass is 10.0. The molecule has 0 aliphatic heterocycles. The molecule has 4 rings (SSSR count).